The van der Waals surface area contributed by atoms with Gasteiger partial charge in [0.25, 0.3) is 10.0 Å². The van der Waals surface area contributed by atoms with Gasteiger partial charge in [-0.15, -0.1) is 0 Å². The van der Waals surface area contributed by atoms with E-state index in [1.54, 1.807) is 6.07 Å². The van der Waals surface area contributed by atoms with Crippen LogP contribution in [0.2, 0.25) is 5.02 Å². The minimum Gasteiger partial charge on any atom is -0.506 e. The van der Waals surface area contributed by atoms with Gasteiger partial charge in [0.05, 0.1) is 15.6 Å². The fourth-order valence-corrected chi connectivity index (χ4v) is 5.19. The molecule has 0 saturated heterocycles. The van der Waals surface area contributed by atoms with Gasteiger partial charge in [0.1, 0.15) is 10.6 Å². The van der Waals surface area contributed by atoms with E-state index >= 15 is 0 Å². The van der Waals surface area contributed by atoms with Crippen LogP contribution < -0.4 is 4.72 Å². The number of hydrogen-bond donors (Lipinski definition) is 2. The molecule has 2 aromatic carbocycles. The average Bonchev–Trinajstić information content (AvgIpc) is 2.48. The molecule has 0 aliphatic rings. The zero-order valence-electron chi connectivity index (χ0n) is 15.0. The number of phenols is 1. The monoisotopic (exact) mass is 495 g/mol. The number of benzene rings is 2. The summed E-state index contributed by atoms with van der Waals surface area (Å²) in [5, 5.41) is 10.5. The fourth-order valence-electron chi connectivity index (χ4n) is 2.36. The smallest absolute Gasteiger partial charge is 0.265 e. The van der Waals surface area contributed by atoms with Crippen LogP contribution in [0.5, 0.6) is 5.75 Å². The predicted molar refractivity (Wildman–Crippen MR) is 110 cm³/mol. The van der Waals surface area contributed by atoms with E-state index in [0.717, 1.165) is 12.3 Å². The van der Waals surface area contributed by atoms with E-state index in [2.05, 4.69) is 20.7 Å². The lowest BCUT2D eigenvalue weighted by atomic mass is 9.86. The zero-order valence-corrected chi connectivity index (χ0v) is 19.0. The number of sulfonamides is 1. The Morgan fingerprint density at radius 2 is 1.67 bits per heavy atom. The summed E-state index contributed by atoms with van der Waals surface area (Å²) in [4.78, 5) is -0.346. The normalized spacial score (nSPS) is 12.8. The topological polar surface area (TPSA) is 101 Å². The molecule has 0 aliphatic carbocycles. The Morgan fingerprint density at radius 1 is 1.07 bits per heavy atom. The lowest BCUT2D eigenvalue weighted by Crippen LogP contribution is -2.17. The molecule has 0 fully saturated rings. The second kappa shape index (κ2) is 7.27. The SMILES string of the molecule is CC(C)(C)c1cc(Br)cc(S(=O)(=O)Nc2ccc(S(C)(=O)=O)cc2Cl)c1O. The van der Waals surface area contributed by atoms with Crippen molar-refractivity contribution in [1.29, 1.82) is 0 Å². The number of phenolic OH excluding ortho intramolecular Hbond substituents is 1. The lowest BCUT2D eigenvalue weighted by Gasteiger charge is -2.22. The van der Waals surface area contributed by atoms with Crippen molar-refractivity contribution in [2.75, 3.05) is 11.0 Å². The molecule has 0 bridgehead atoms. The molecule has 0 spiro atoms. The van der Waals surface area contributed by atoms with Gasteiger partial charge in [0, 0.05) is 16.3 Å². The van der Waals surface area contributed by atoms with Crippen LogP contribution in [-0.4, -0.2) is 28.2 Å². The van der Waals surface area contributed by atoms with Crippen molar-refractivity contribution >= 4 is 53.1 Å². The maximum atomic E-state index is 12.8. The van der Waals surface area contributed by atoms with E-state index in [9.17, 15) is 21.9 Å². The summed E-state index contributed by atoms with van der Waals surface area (Å²) in [5.41, 5.74) is -0.0380. The predicted octanol–water partition coefficient (Wildman–Crippen LogP) is 4.31. The van der Waals surface area contributed by atoms with Gasteiger partial charge in [-0.25, -0.2) is 16.8 Å². The molecule has 6 nitrogen and oxygen atoms in total. The van der Waals surface area contributed by atoms with Gasteiger partial charge in [-0.1, -0.05) is 48.3 Å². The molecule has 2 aromatic rings. The van der Waals surface area contributed by atoms with E-state index in [0.29, 0.717) is 10.0 Å². The van der Waals surface area contributed by atoms with Crippen LogP contribution >= 0.6 is 27.5 Å². The number of sulfone groups is 1. The molecule has 0 atom stereocenters. The third-order valence-corrected chi connectivity index (χ3v) is 7.01. The van der Waals surface area contributed by atoms with Gasteiger partial charge >= 0.3 is 0 Å². The van der Waals surface area contributed by atoms with Crippen LogP contribution in [0, 0.1) is 0 Å². The number of halogens is 2. The van der Waals surface area contributed by atoms with Gasteiger partial charge in [0.2, 0.25) is 0 Å². The van der Waals surface area contributed by atoms with E-state index < -0.39 is 25.3 Å². The summed E-state index contributed by atoms with van der Waals surface area (Å²) >= 11 is 9.31. The third kappa shape index (κ3) is 4.96. The molecule has 27 heavy (non-hydrogen) atoms. The highest BCUT2D eigenvalue weighted by atomic mass is 79.9. The van der Waals surface area contributed by atoms with Crippen LogP contribution in [0.1, 0.15) is 26.3 Å². The molecule has 2 N–H and O–H groups in total. The highest BCUT2D eigenvalue weighted by Crippen LogP contribution is 2.39. The Bertz CT molecular complexity index is 1110. The largest absolute Gasteiger partial charge is 0.506 e. The first-order chi connectivity index (χ1) is 12.1. The molecule has 0 aromatic heterocycles. The Kier molecular flexibility index (Phi) is 5.93. The molecule has 148 valence electrons. The summed E-state index contributed by atoms with van der Waals surface area (Å²) in [6.45, 7) is 5.54. The minimum atomic E-state index is -4.18. The first-order valence-electron chi connectivity index (χ1n) is 7.68. The summed E-state index contributed by atoms with van der Waals surface area (Å²) in [7, 11) is -7.66. The van der Waals surface area contributed by atoms with Gasteiger partial charge in [0.15, 0.2) is 9.84 Å². The molecule has 0 aliphatic heterocycles. The third-order valence-electron chi connectivity index (χ3n) is 3.75. The van der Waals surface area contributed by atoms with Crippen molar-refractivity contribution in [3.8, 4) is 5.75 Å². The van der Waals surface area contributed by atoms with E-state index in [4.69, 9.17) is 11.6 Å². The van der Waals surface area contributed by atoms with Crippen LogP contribution in [0.15, 0.2) is 44.6 Å². The van der Waals surface area contributed by atoms with Crippen LogP contribution in [-0.2, 0) is 25.3 Å². The molecular weight excluding hydrogens is 478 g/mol. The van der Waals surface area contributed by atoms with Crippen molar-refractivity contribution < 1.29 is 21.9 Å². The second-order valence-corrected chi connectivity index (χ2v) is 12.1. The van der Waals surface area contributed by atoms with Crippen molar-refractivity contribution in [3.05, 3.63) is 45.4 Å². The Hall–Kier alpha value is -1.29. The fraction of sp³-hybridized carbons (Fsp3) is 0.294. The van der Waals surface area contributed by atoms with E-state index in [1.165, 1.54) is 18.2 Å². The summed E-state index contributed by atoms with van der Waals surface area (Å²) < 4.78 is 51.6. The van der Waals surface area contributed by atoms with Crippen LogP contribution in [0.25, 0.3) is 0 Å². The Morgan fingerprint density at radius 3 is 2.15 bits per heavy atom. The first kappa shape index (κ1) is 22.0. The first-order valence-corrected chi connectivity index (χ1v) is 12.2. The van der Waals surface area contributed by atoms with E-state index in [-0.39, 0.29) is 26.3 Å². The number of nitrogens with one attached hydrogen (secondary N) is 1. The Labute approximate surface area is 172 Å². The molecule has 0 amide bonds. The zero-order chi connectivity index (χ0) is 20.8. The standard InChI is InChI=1S/C17H19BrClNO5S2/c1-17(2,3)12-7-10(18)8-15(16(12)21)27(24,25)20-14-6-5-11(9-13(14)19)26(4,22)23/h5-9,20-21H,1-4H3. The lowest BCUT2D eigenvalue weighted by molar-refractivity contribution is 0.432. The molecule has 0 saturated carbocycles. The summed E-state index contributed by atoms with van der Waals surface area (Å²) in [6.07, 6.45) is 1.02. The van der Waals surface area contributed by atoms with Crippen molar-refractivity contribution in [2.45, 2.75) is 36.0 Å². The van der Waals surface area contributed by atoms with Gasteiger partial charge in [-0.05, 0) is 35.7 Å². The molecule has 0 heterocycles. The quantitative estimate of drug-likeness (QED) is 0.657. The number of aromatic hydroxyl groups is 1. The summed E-state index contributed by atoms with van der Waals surface area (Å²) in [5.74, 6) is -0.359. The van der Waals surface area contributed by atoms with Crippen LogP contribution in [0.3, 0.4) is 0 Å². The molecule has 0 radical (unpaired) electrons. The maximum absolute atomic E-state index is 12.8. The van der Waals surface area contributed by atoms with Crippen molar-refractivity contribution in [1.82, 2.24) is 0 Å². The number of anilines is 1. The average molecular weight is 497 g/mol. The molecule has 10 heteroatoms. The number of rotatable bonds is 4. The summed E-state index contributed by atoms with van der Waals surface area (Å²) in [6, 6.07) is 6.61. The van der Waals surface area contributed by atoms with Crippen molar-refractivity contribution in [2.24, 2.45) is 0 Å². The van der Waals surface area contributed by atoms with Gasteiger partial charge < -0.3 is 5.11 Å². The Balaban J connectivity index is 2.54. The second-order valence-electron chi connectivity index (χ2n) is 7.07. The van der Waals surface area contributed by atoms with Crippen molar-refractivity contribution in [3.63, 3.8) is 0 Å². The highest BCUT2D eigenvalue weighted by molar-refractivity contribution is 9.10. The molecular formula is C17H19BrClNO5S2. The molecule has 2 rings (SSSR count). The molecule has 0 unspecified atom stereocenters. The number of hydrogen-bond acceptors (Lipinski definition) is 5. The van der Waals surface area contributed by atoms with Crippen LogP contribution in [0.4, 0.5) is 5.69 Å². The van der Waals surface area contributed by atoms with Gasteiger partial charge in [-0.2, -0.15) is 0 Å². The minimum absolute atomic E-state index is 0.000695. The highest BCUT2D eigenvalue weighted by Gasteiger charge is 2.27. The van der Waals surface area contributed by atoms with E-state index in [1.807, 2.05) is 20.8 Å². The maximum Gasteiger partial charge on any atom is 0.265 e. The van der Waals surface area contributed by atoms with Gasteiger partial charge in [-0.3, -0.25) is 4.72 Å².